The Kier molecular flexibility index (Phi) is 11.6. The Balaban J connectivity index is 0.00000484. The van der Waals surface area contributed by atoms with Gasteiger partial charge in [0, 0.05) is 31.0 Å². The van der Waals surface area contributed by atoms with E-state index in [0.29, 0.717) is 41.1 Å². The van der Waals surface area contributed by atoms with Gasteiger partial charge in [0.1, 0.15) is 10.8 Å². The molecular formula is C32H41ClN2O6S. The van der Waals surface area contributed by atoms with E-state index in [-0.39, 0.29) is 17.3 Å². The normalized spacial score (nSPS) is 11.4. The van der Waals surface area contributed by atoms with Gasteiger partial charge < -0.3 is 28.4 Å². The minimum absolute atomic E-state index is 0. The molecule has 0 aliphatic heterocycles. The van der Waals surface area contributed by atoms with Crippen molar-refractivity contribution in [1.29, 1.82) is 0 Å². The van der Waals surface area contributed by atoms with Crippen molar-refractivity contribution in [1.82, 2.24) is 9.47 Å². The average molecular weight is 617 g/mol. The molecule has 0 saturated heterocycles. The molecule has 8 nitrogen and oxygen atoms in total. The van der Waals surface area contributed by atoms with Gasteiger partial charge in [-0.1, -0.05) is 25.1 Å². The second-order valence-corrected chi connectivity index (χ2v) is 11.8. The predicted molar refractivity (Wildman–Crippen MR) is 169 cm³/mol. The van der Waals surface area contributed by atoms with Crippen LogP contribution in [0.3, 0.4) is 0 Å². The maximum atomic E-state index is 13.6. The van der Waals surface area contributed by atoms with Crippen molar-refractivity contribution >= 4 is 33.1 Å². The summed E-state index contributed by atoms with van der Waals surface area (Å²) in [5.41, 5.74) is 2.86. The van der Waals surface area contributed by atoms with E-state index >= 15 is 0 Å². The van der Waals surface area contributed by atoms with Crippen LogP contribution in [0.5, 0.6) is 23.0 Å². The Labute approximate surface area is 255 Å². The lowest BCUT2D eigenvalue weighted by molar-refractivity contribution is 0.263. The standard InChI is InChI=1S/C32H40N2O6S.ClH/c1-7-26-27-11-8-9-12-28(27)34(3)32(26)41(35,36)25-15-13-24(14-16-25)40-20-10-18-33(2)19-17-23-21-29(37-4)31(39-6)30(22-23)38-5;/h8-9,11-16,21-22H,7,10,17-20H2,1-6H3;1H. The van der Waals surface area contributed by atoms with Crippen LogP contribution in [0, 0.1) is 0 Å². The van der Waals surface area contributed by atoms with Gasteiger partial charge in [0.05, 0.1) is 32.8 Å². The van der Waals surface area contributed by atoms with Crippen molar-refractivity contribution < 1.29 is 27.4 Å². The summed E-state index contributed by atoms with van der Waals surface area (Å²) in [5, 5.41) is 1.33. The molecule has 0 unspecified atom stereocenters. The van der Waals surface area contributed by atoms with E-state index in [1.165, 1.54) is 0 Å². The molecule has 1 heterocycles. The summed E-state index contributed by atoms with van der Waals surface area (Å²) >= 11 is 0. The van der Waals surface area contributed by atoms with E-state index in [4.69, 9.17) is 18.9 Å². The molecule has 0 fully saturated rings. The van der Waals surface area contributed by atoms with Gasteiger partial charge in [-0.05, 0) is 79.9 Å². The first kappa shape index (κ1) is 33.1. The molecule has 0 atom stereocenters. The van der Waals surface area contributed by atoms with Crippen LogP contribution in [0.2, 0.25) is 0 Å². The first-order chi connectivity index (χ1) is 19.7. The molecule has 4 aromatic rings. The number of hydrogen-bond donors (Lipinski definition) is 0. The fourth-order valence-corrected chi connectivity index (χ4v) is 6.95. The van der Waals surface area contributed by atoms with Crippen molar-refractivity contribution in [2.75, 3.05) is 48.1 Å². The van der Waals surface area contributed by atoms with Gasteiger partial charge in [0.2, 0.25) is 15.6 Å². The monoisotopic (exact) mass is 616 g/mol. The highest BCUT2D eigenvalue weighted by atomic mass is 35.5. The molecule has 4 rings (SSSR count). The molecular weight excluding hydrogens is 576 g/mol. The van der Waals surface area contributed by atoms with Gasteiger partial charge >= 0.3 is 0 Å². The highest BCUT2D eigenvalue weighted by Gasteiger charge is 2.27. The Morgan fingerprint density at radius 1 is 0.881 bits per heavy atom. The maximum absolute atomic E-state index is 13.6. The van der Waals surface area contributed by atoms with E-state index in [0.717, 1.165) is 48.0 Å². The van der Waals surface area contributed by atoms with Crippen LogP contribution in [0.4, 0.5) is 0 Å². The van der Waals surface area contributed by atoms with Crippen molar-refractivity contribution in [2.45, 2.75) is 36.1 Å². The maximum Gasteiger partial charge on any atom is 0.222 e. The minimum atomic E-state index is -3.69. The molecule has 0 aliphatic carbocycles. The molecule has 1 aromatic heterocycles. The highest BCUT2D eigenvalue weighted by Crippen LogP contribution is 2.38. The van der Waals surface area contributed by atoms with Gasteiger partial charge in [0.25, 0.3) is 0 Å². The number of ether oxygens (including phenoxy) is 4. The number of benzene rings is 3. The van der Waals surface area contributed by atoms with Gasteiger partial charge in [-0.25, -0.2) is 8.42 Å². The third-order valence-electron chi connectivity index (χ3n) is 7.36. The van der Waals surface area contributed by atoms with E-state index in [2.05, 4.69) is 11.9 Å². The Bertz CT molecular complexity index is 1560. The number of fused-ring (bicyclic) bond motifs is 1. The third-order valence-corrected chi connectivity index (χ3v) is 9.28. The second-order valence-electron chi connectivity index (χ2n) is 9.98. The predicted octanol–water partition coefficient (Wildman–Crippen LogP) is 5.96. The quantitative estimate of drug-likeness (QED) is 0.162. The lowest BCUT2D eigenvalue weighted by Gasteiger charge is -2.18. The van der Waals surface area contributed by atoms with Crippen LogP contribution in [0.25, 0.3) is 10.9 Å². The third kappa shape index (κ3) is 6.97. The molecule has 0 bridgehead atoms. The van der Waals surface area contributed by atoms with E-state index in [9.17, 15) is 8.42 Å². The van der Waals surface area contributed by atoms with Crippen LogP contribution in [0.1, 0.15) is 24.5 Å². The first-order valence-electron chi connectivity index (χ1n) is 13.8. The number of para-hydroxylation sites is 1. The number of aryl methyl sites for hydroxylation is 2. The van der Waals surface area contributed by atoms with Crippen molar-refractivity contribution in [3.63, 3.8) is 0 Å². The Morgan fingerprint density at radius 3 is 2.12 bits per heavy atom. The summed E-state index contributed by atoms with van der Waals surface area (Å²) in [6.45, 7) is 4.24. The minimum Gasteiger partial charge on any atom is -0.494 e. The summed E-state index contributed by atoms with van der Waals surface area (Å²) < 4.78 is 51.3. The molecule has 0 radical (unpaired) electrons. The van der Waals surface area contributed by atoms with E-state index < -0.39 is 9.84 Å². The smallest absolute Gasteiger partial charge is 0.222 e. The average Bonchev–Trinajstić information content (AvgIpc) is 3.29. The molecule has 0 spiro atoms. The summed E-state index contributed by atoms with van der Waals surface area (Å²) in [7, 11) is 5.03. The zero-order valence-electron chi connectivity index (χ0n) is 25.2. The summed E-state index contributed by atoms with van der Waals surface area (Å²) in [4.78, 5) is 2.51. The topological polar surface area (TPSA) is 79.2 Å². The van der Waals surface area contributed by atoms with Crippen molar-refractivity contribution in [3.8, 4) is 23.0 Å². The second kappa shape index (κ2) is 14.7. The number of sulfone groups is 1. The molecule has 0 N–H and O–H groups in total. The van der Waals surface area contributed by atoms with Crippen LogP contribution < -0.4 is 18.9 Å². The number of aromatic nitrogens is 1. The SMILES string of the molecule is CCc1c(S(=O)(=O)c2ccc(OCCCN(C)CCc3cc(OC)c(OC)c(OC)c3)cc2)n(C)c2ccccc12.Cl. The lowest BCUT2D eigenvalue weighted by Crippen LogP contribution is -2.23. The first-order valence-corrected chi connectivity index (χ1v) is 15.2. The van der Waals surface area contributed by atoms with Crippen LogP contribution in [-0.2, 0) is 29.7 Å². The van der Waals surface area contributed by atoms with Gasteiger partial charge in [-0.15, -0.1) is 12.4 Å². The number of rotatable bonds is 14. The lowest BCUT2D eigenvalue weighted by atomic mass is 10.1. The van der Waals surface area contributed by atoms with Crippen LogP contribution in [-0.4, -0.2) is 66.0 Å². The fourth-order valence-electron chi connectivity index (χ4n) is 5.20. The fraction of sp³-hybridized carbons (Fsp3) is 0.375. The highest BCUT2D eigenvalue weighted by molar-refractivity contribution is 7.91. The summed E-state index contributed by atoms with van der Waals surface area (Å²) in [6, 6.07) is 18.5. The number of nitrogens with zero attached hydrogens (tertiary/aromatic N) is 2. The summed E-state index contributed by atoms with van der Waals surface area (Å²) in [5.74, 6) is 2.55. The summed E-state index contributed by atoms with van der Waals surface area (Å²) in [6.07, 6.45) is 2.30. The van der Waals surface area contributed by atoms with Crippen LogP contribution >= 0.6 is 12.4 Å². The number of halogens is 1. The molecule has 42 heavy (non-hydrogen) atoms. The van der Waals surface area contributed by atoms with Gasteiger partial charge in [-0.3, -0.25) is 0 Å². The Hall–Kier alpha value is -3.40. The van der Waals surface area contributed by atoms with E-state index in [1.54, 1.807) is 50.2 Å². The molecule has 228 valence electrons. The number of methoxy groups -OCH3 is 3. The number of hydrogen-bond acceptors (Lipinski definition) is 7. The Morgan fingerprint density at radius 2 is 1.52 bits per heavy atom. The zero-order chi connectivity index (χ0) is 29.6. The van der Waals surface area contributed by atoms with Crippen molar-refractivity contribution in [2.24, 2.45) is 7.05 Å². The zero-order valence-corrected chi connectivity index (χ0v) is 26.8. The van der Waals surface area contributed by atoms with E-state index in [1.807, 2.05) is 50.4 Å². The number of likely N-dealkylation sites (N-methyl/N-ethyl adjacent to an activating group) is 1. The van der Waals surface area contributed by atoms with Crippen molar-refractivity contribution in [3.05, 3.63) is 71.8 Å². The molecule has 10 heteroatoms. The molecule has 0 saturated carbocycles. The molecule has 0 amide bonds. The van der Waals surface area contributed by atoms with Crippen LogP contribution in [0.15, 0.2) is 70.6 Å². The molecule has 0 aliphatic rings. The molecule has 3 aromatic carbocycles. The largest absolute Gasteiger partial charge is 0.494 e. The van der Waals surface area contributed by atoms with Gasteiger partial charge in [0.15, 0.2) is 11.5 Å². The van der Waals surface area contributed by atoms with Gasteiger partial charge in [-0.2, -0.15) is 0 Å².